The molecule has 0 bridgehead atoms. The van der Waals surface area contributed by atoms with E-state index in [1.807, 2.05) is 0 Å². The van der Waals surface area contributed by atoms with Gasteiger partial charge in [-0.15, -0.1) is 13.2 Å². The highest BCUT2D eigenvalue weighted by Crippen LogP contribution is 2.32. The molecule has 0 amide bonds. The summed E-state index contributed by atoms with van der Waals surface area (Å²) in [6, 6.07) is 4.54. The van der Waals surface area contributed by atoms with E-state index in [0.717, 1.165) is 12.1 Å². The van der Waals surface area contributed by atoms with Crippen molar-refractivity contribution >= 4 is 5.97 Å². The number of rotatable bonds is 4. The molecular formula is C15H9F5O4. The first-order valence-corrected chi connectivity index (χ1v) is 6.34. The molecule has 24 heavy (non-hydrogen) atoms. The molecule has 0 fully saturated rings. The summed E-state index contributed by atoms with van der Waals surface area (Å²) in [6.45, 7) is 1.34. The van der Waals surface area contributed by atoms with Crippen LogP contribution in [0.5, 0.6) is 17.2 Å². The summed E-state index contributed by atoms with van der Waals surface area (Å²) in [5.41, 5.74) is -0.717. The molecule has 9 heteroatoms. The molecule has 0 saturated carbocycles. The van der Waals surface area contributed by atoms with Crippen molar-refractivity contribution in [3.05, 3.63) is 53.1 Å². The number of aromatic carboxylic acids is 1. The number of aryl methyl sites for hydroxylation is 1. The Morgan fingerprint density at radius 3 is 2.25 bits per heavy atom. The first kappa shape index (κ1) is 17.5. The molecule has 1 N–H and O–H groups in total. The van der Waals surface area contributed by atoms with Crippen LogP contribution in [0.1, 0.15) is 15.9 Å². The minimum Gasteiger partial charge on any atom is -0.477 e. The Bertz CT molecular complexity index is 786. The fourth-order valence-electron chi connectivity index (χ4n) is 1.83. The molecule has 0 radical (unpaired) electrons. The standard InChI is InChI=1S/C15H9F5O4/c1-7-2-4-11(12(13(7)17)14(21)22)23-8-3-5-10(9(16)6-8)24-15(18,19)20/h2-6H,1H3,(H,21,22). The highest BCUT2D eigenvalue weighted by atomic mass is 19.4. The molecule has 2 aromatic carbocycles. The number of hydrogen-bond acceptors (Lipinski definition) is 3. The third-order valence-corrected chi connectivity index (χ3v) is 2.87. The van der Waals surface area contributed by atoms with Crippen LogP contribution in [0.25, 0.3) is 0 Å². The number of benzene rings is 2. The van der Waals surface area contributed by atoms with Crippen molar-refractivity contribution in [3.63, 3.8) is 0 Å². The van der Waals surface area contributed by atoms with Gasteiger partial charge in [0.25, 0.3) is 0 Å². The zero-order chi connectivity index (χ0) is 18.1. The third-order valence-electron chi connectivity index (χ3n) is 2.87. The predicted octanol–water partition coefficient (Wildman–Crippen LogP) is 4.66. The van der Waals surface area contributed by atoms with E-state index in [0.29, 0.717) is 12.1 Å². The molecule has 4 nitrogen and oxygen atoms in total. The van der Waals surface area contributed by atoms with Crippen molar-refractivity contribution in [1.82, 2.24) is 0 Å². The topological polar surface area (TPSA) is 55.8 Å². The Labute approximate surface area is 132 Å². The number of halogens is 5. The zero-order valence-corrected chi connectivity index (χ0v) is 11.9. The van der Waals surface area contributed by atoms with Gasteiger partial charge in [0.1, 0.15) is 22.9 Å². The van der Waals surface area contributed by atoms with Gasteiger partial charge in [-0.25, -0.2) is 13.6 Å². The highest BCUT2D eigenvalue weighted by Gasteiger charge is 2.32. The average Bonchev–Trinajstić information content (AvgIpc) is 2.44. The molecule has 0 aliphatic heterocycles. The van der Waals surface area contributed by atoms with Crippen LogP contribution in [-0.4, -0.2) is 17.4 Å². The maximum Gasteiger partial charge on any atom is 0.573 e. The van der Waals surface area contributed by atoms with E-state index >= 15 is 0 Å². The second-order valence-electron chi connectivity index (χ2n) is 4.62. The molecule has 0 aromatic heterocycles. The second-order valence-corrected chi connectivity index (χ2v) is 4.62. The van der Waals surface area contributed by atoms with Gasteiger partial charge < -0.3 is 14.6 Å². The van der Waals surface area contributed by atoms with Gasteiger partial charge in [-0.2, -0.15) is 0 Å². The maximum absolute atomic E-state index is 13.9. The van der Waals surface area contributed by atoms with Gasteiger partial charge in [0.2, 0.25) is 0 Å². The van der Waals surface area contributed by atoms with Gasteiger partial charge in [-0.05, 0) is 30.7 Å². The van der Waals surface area contributed by atoms with Crippen molar-refractivity contribution in [2.45, 2.75) is 13.3 Å². The van der Waals surface area contributed by atoms with Gasteiger partial charge in [-0.3, -0.25) is 0 Å². The highest BCUT2D eigenvalue weighted by molar-refractivity contribution is 5.91. The number of hydrogen-bond donors (Lipinski definition) is 1. The zero-order valence-electron chi connectivity index (χ0n) is 11.9. The van der Waals surface area contributed by atoms with Crippen LogP contribution in [0.3, 0.4) is 0 Å². The van der Waals surface area contributed by atoms with Crippen molar-refractivity contribution in [2.75, 3.05) is 0 Å². The second kappa shape index (κ2) is 6.34. The van der Waals surface area contributed by atoms with E-state index in [-0.39, 0.29) is 11.3 Å². The van der Waals surface area contributed by atoms with Crippen molar-refractivity contribution in [3.8, 4) is 17.2 Å². The van der Waals surface area contributed by atoms with Gasteiger partial charge in [0.15, 0.2) is 11.6 Å². The number of alkyl halides is 3. The first-order chi connectivity index (χ1) is 11.1. The lowest BCUT2D eigenvalue weighted by Gasteiger charge is -2.13. The Morgan fingerprint density at radius 2 is 1.71 bits per heavy atom. The van der Waals surface area contributed by atoms with Crippen LogP contribution < -0.4 is 9.47 Å². The molecule has 2 rings (SSSR count). The Kier molecular flexibility index (Phi) is 4.63. The Balaban J connectivity index is 2.34. The van der Waals surface area contributed by atoms with Crippen LogP contribution >= 0.6 is 0 Å². The molecule has 128 valence electrons. The SMILES string of the molecule is Cc1ccc(Oc2ccc(OC(F)(F)F)c(F)c2)c(C(=O)O)c1F. The van der Waals surface area contributed by atoms with Gasteiger partial charge in [0.05, 0.1) is 0 Å². The summed E-state index contributed by atoms with van der Waals surface area (Å²) < 4.78 is 72.2. The molecule has 0 aliphatic carbocycles. The summed E-state index contributed by atoms with van der Waals surface area (Å²) in [4.78, 5) is 11.1. The summed E-state index contributed by atoms with van der Waals surface area (Å²) in [6.07, 6.45) is -5.07. The van der Waals surface area contributed by atoms with Gasteiger partial charge in [0, 0.05) is 6.07 Å². The molecule has 2 aromatic rings. The lowest BCUT2D eigenvalue weighted by Crippen LogP contribution is -2.17. The maximum atomic E-state index is 13.9. The quantitative estimate of drug-likeness (QED) is 0.817. The van der Waals surface area contributed by atoms with E-state index in [4.69, 9.17) is 9.84 Å². The van der Waals surface area contributed by atoms with Crippen LogP contribution in [-0.2, 0) is 0 Å². The lowest BCUT2D eigenvalue weighted by molar-refractivity contribution is -0.275. The van der Waals surface area contributed by atoms with Crippen LogP contribution in [0.4, 0.5) is 22.0 Å². The van der Waals surface area contributed by atoms with Crippen molar-refractivity contribution in [2.24, 2.45) is 0 Å². The number of carboxylic acid groups (broad SMARTS) is 1. The summed E-state index contributed by atoms with van der Waals surface area (Å²) in [5.74, 6) is -5.85. The van der Waals surface area contributed by atoms with E-state index < -0.39 is 41.0 Å². The van der Waals surface area contributed by atoms with Crippen molar-refractivity contribution < 1.29 is 41.3 Å². The fourth-order valence-corrected chi connectivity index (χ4v) is 1.83. The van der Waals surface area contributed by atoms with E-state index in [1.165, 1.54) is 13.0 Å². The third kappa shape index (κ3) is 3.92. The lowest BCUT2D eigenvalue weighted by atomic mass is 10.1. The first-order valence-electron chi connectivity index (χ1n) is 6.34. The van der Waals surface area contributed by atoms with Crippen molar-refractivity contribution in [1.29, 1.82) is 0 Å². The smallest absolute Gasteiger partial charge is 0.477 e. The molecule has 0 heterocycles. The summed E-state index contributed by atoms with van der Waals surface area (Å²) in [7, 11) is 0. The van der Waals surface area contributed by atoms with Crippen LogP contribution in [0, 0.1) is 18.6 Å². The average molecular weight is 348 g/mol. The van der Waals surface area contributed by atoms with Crippen LogP contribution in [0.15, 0.2) is 30.3 Å². The molecule has 0 spiro atoms. The predicted molar refractivity (Wildman–Crippen MR) is 71.3 cm³/mol. The number of carbonyl (C=O) groups is 1. The number of carboxylic acids is 1. The minimum absolute atomic E-state index is 0.0554. The molecule has 0 aliphatic rings. The fraction of sp³-hybridized carbons (Fsp3) is 0.133. The molecular weight excluding hydrogens is 339 g/mol. The van der Waals surface area contributed by atoms with Gasteiger partial charge in [-0.1, -0.05) is 6.07 Å². The van der Waals surface area contributed by atoms with E-state index in [9.17, 15) is 26.7 Å². The summed E-state index contributed by atoms with van der Waals surface area (Å²) >= 11 is 0. The molecule has 0 unspecified atom stereocenters. The summed E-state index contributed by atoms with van der Waals surface area (Å²) in [5, 5.41) is 9.04. The molecule has 0 atom stereocenters. The molecule has 0 saturated heterocycles. The largest absolute Gasteiger partial charge is 0.573 e. The van der Waals surface area contributed by atoms with E-state index in [2.05, 4.69) is 4.74 Å². The minimum atomic E-state index is -5.07. The van der Waals surface area contributed by atoms with Gasteiger partial charge >= 0.3 is 12.3 Å². The normalized spacial score (nSPS) is 11.2. The van der Waals surface area contributed by atoms with Crippen LogP contribution in [0.2, 0.25) is 0 Å². The Morgan fingerprint density at radius 1 is 1.08 bits per heavy atom. The number of ether oxygens (including phenoxy) is 2. The van der Waals surface area contributed by atoms with E-state index in [1.54, 1.807) is 0 Å². The monoisotopic (exact) mass is 348 g/mol. The Hall–Kier alpha value is -2.84.